The van der Waals surface area contributed by atoms with Crippen LogP contribution in [-0.4, -0.2) is 31.9 Å². The van der Waals surface area contributed by atoms with E-state index in [9.17, 15) is 4.79 Å². The maximum absolute atomic E-state index is 12.0. The summed E-state index contributed by atoms with van der Waals surface area (Å²) >= 11 is 7.44. The van der Waals surface area contributed by atoms with Crippen molar-refractivity contribution in [3.05, 3.63) is 23.8 Å². The SMILES string of the molecule is COCCCN1C(=O)CSc2ccc(CCl)cc21. The molecule has 1 amide bonds. The van der Waals surface area contributed by atoms with Crippen LogP contribution in [0.1, 0.15) is 12.0 Å². The molecule has 0 N–H and O–H groups in total. The number of carbonyl (C=O) groups excluding carboxylic acids is 1. The second kappa shape index (κ2) is 6.45. The van der Waals surface area contributed by atoms with Gasteiger partial charge >= 0.3 is 0 Å². The molecule has 0 aliphatic carbocycles. The van der Waals surface area contributed by atoms with Gasteiger partial charge in [0.2, 0.25) is 5.91 Å². The summed E-state index contributed by atoms with van der Waals surface area (Å²) in [6.45, 7) is 1.37. The van der Waals surface area contributed by atoms with E-state index < -0.39 is 0 Å². The van der Waals surface area contributed by atoms with Gasteiger partial charge < -0.3 is 9.64 Å². The van der Waals surface area contributed by atoms with Crippen molar-refractivity contribution in [2.24, 2.45) is 0 Å². The van der Waals surface area contributed by atoms with Gasteiger partial charge in [-0.15, -0.1) is 23.4 Å². The third kappa shape index (κ3) is 2.99. The van der Waals surface area contributed by atoms with Crippen molar-refractivity contribution in [3.8, 4) is 0 Å². The number of hydrogen-bond acceptors (Lipinski definition) is 3. The molecule has 0 bridgehead atoms. The van der Waals surface area contributed by atoms with Crippen LogP contribution in [0.4, 0.5) is 5.69 Å². The quantitative estimate of drug-likeness (QED) is 0.615. The summed E-state index contributed by atoms with van der Waals surface area (Å²) in [6.07, 6.45) is 0.845. The van der Waals surface area contributed by atoms with Crippen LogP contribution in [0, 0.1) is 0 Å². The first-order chi connectivity index (χ1) is 8.76. The molecule has 18 heavy (non-hydrogen) atoms. The number of alkyl halides is 1. The Morgan fingerprint density at radius 3 is 3.06 bits per heavy atom. The van der Waals surface area contributed by atoms with Crippen LogP contribution in [0.2, 0.25) is 0 Å². The normalized spacial score (nSPS) is 14.8. The lowest BCUT2D eigenvalue weighted by Gasteiger charge is -2.29. The molecule has 0 unspecified atom stereocenters. The zero-order valence-electron chi connectivity index (χ0n) is 10.3. The molecule has 1 aromatic carbocycles. The van der Waals surface area contributed by atoms with Crippen LogP contribution >= 0.6 is 23.4 Å². The van der Waals surface area contributed by atoms with Gasteiger partial charge in [-0.05, 0) is 24.1 Å². The minimum atomic E-state index is 0.162. The number of amides is 1. The summed E-state index contributed by atoms with van der Waals surface area (Å²) in [5, 5.41) is 0. The topological polar surface area (TPSA) is 29.5 Å². The van der Waals surface area contributed by atoms with Crippen LogP contribution in [0.3, 0.4) is 0 Å². The molecule has 3 nitrogen and oxygen atoms in total. The summed E-state index contributed by atoms with van der Waals surface area (Å²) in [7, 11) is 1.67. The molecule has 1 aliphatic rings. The molecular weight excluding hydrogens is 270 g/mol. The number of halogens is 1. The molecule has 0 radical (unpaired) electrons. The number of thioether (sulfide) groups is 1. The fourth-order valence-electron chi connectivity index (χ4n) is 1.94. The number of anilines is 1. The van der Waals surface area contributed by atoms with Crippen molar-refractivity contribution in [3.63, 3.8) is 0 Å². The number of hydrogen-bond donors (Lipinski definition) is 0. The lowest BCUT2D eigenvalue weighted by molar-refractivity contribution is -0.116. The molecule has 1 aromatic rings. The first kappa shape index (κ1) is 13.7. The molecule has 5 heteroatoms. The molecule has 0 saturated heterocycles. The van der Waals surface area contributed by atoms with E-state index in [0.717, 1.165) is 22.6 Å². The number of methoxy groups -OCH3 is 1. The van der Waals surface area contributed by atoms with Crippen LogP contribution in [-0.2, 0) is 15.4 Å². The Hall–Kier alpha value is -0.710. The Morgan fingerprint density at radius 2 is 2.33 bits per heavy atom. The largest absolute Gasteiger partial charge is 0.385 e. The van der Waals surface area contributed by atoms with Crippen molar-refractivity contribution < 1.29 is 9.53 Å². The summed E-state index contributed by atoms with van der Waals surface area (Å²) < 4.78 is 5.04. The van der Waals surface area contributed by atoms with Crippen molar-refractivity contribution in [2.45, 2.75) is 17.2 Å². The first-order valence-electron chi connectivity index (χ1n) is 5.87. The van der Waals surface area contributed by atoms with Gasteiger partial charge in [-0.1, -0.05) is 6.07 Å². The first-order valence-corrected chi connectivity index (χ1v) is 7.39. The minimum absolute atomic E-state index is 0.162. The maximum atomic E-state index is 12.0. The molecule has 0 aromatic heterocycles. The molecular formula is C13H16ClNO2S. The zero-order valence-corrected chi connectivity index (χ0v) is 11.9. The molecule has 98 valence electrons. The van der Waals surface area contributed by atoms with Gasteiger partial charge in [0.25, 0.3) is 0 Å². The number of carbonyl (C=O) groups is 1. The second-order valence-electron chi connectivity index (χ2n) is 4.12. The number of rotatable bonds is 5. The Labute approximate surface area is 116 Å². The highest BCUT2D eigenvalue weighted by Crippen LogP contribution is 2.36. The third-order valence-electron chi connectivity index (χ3n) is 2.85. The van der Waals surface area contributed by atoms with Crippen LogP contribution in [0.5, 0.6) is 0 Å². The van der Waals surface area contributed by atoms with E-state index in [4.69, 9.17) is 16.3 Å². The predicted octanol–water partition coefficient (Wildman–Crippen LogP) is 2.90. The van der Waals surface area contributed by atoms with Gasteiger partial charge in [-0.3, -0.25) is 4.79 Å². The lowest BCUT2D eigenvalue weighted by atomic mass is 10.2. The highest BCUT2D eigenvalue weighted by molar-refractivity contribution is 8.00. The monoisotopic (exact) mass is 285 g/mol. The van der Waals surface area contributed by atoms with Crippen molar-refractivity contribution in [1.29, 1.82) is 0 Å². The standard InChI is InChI=1S/C13H16ClNO2S/c1-17-6-2-5-15-11-7-10(8-14)3-4-12(11)18-9-13(15)16/h3-4,7H,2,5-6,8-9H2,1H3. The highest BCUT2D eigenvalue weighted by Gasteiger charge is 2.24. The molecule has 0 spiro atoms. The maximum Gasteiger partial charge on any atom is 0.237 e. The minimum Gasteiger partial charge on any atom is -0.385 e. The van der Waals surface area contributed by atoms with Crippen molar-refractivity contribution >= 4 is 35.0 Å². The number of fused-ring (bicyclic) bond motifs is 1. The fourth-order valence-corrected chi connectivity index (χ4v) is 3.03. The summed E-state index contributed by atoms with van der Waals surface area (Å²) in [5.41, 5.74) is 2.04. The van der Waals surface area contributed by atoms with E-state index >= 15 is 0 Å². The Morgan fingerprint density at radius 1 is 1.50 bits per heavy atom. The van der Waals surface area contributed by atoms with E-state index in [1.807, 2.05) is 23.1 Å². The van der Waals surface area contributed by atoms with Crippen LogP contribution in [0.15, 0.2) is 23.1 Å². The Bertz CT molecular complexity index is 439. The molecule has 0 fully saturated rings. The molecule has 1 aliphatic heterocycles. The Kier molecular flexibility index (Phi) is 4.92. The van der Waals surface area contributed by atoms with E-state index in [1.165, 1.54) is 0 Å². The lowest BCUT2D eigenvalue weighted by Crippen LogP contribution is -2.36. The fraction of sp³-hybridized carbons (Fsp3) is 0.462. The average Bonchev–Trinajstić information content (AvgIpc) is 2.41. The van der Waals surface area contributed by atoms with Gasteiger partial charge in [0, 0.05) is 31.0 Å². The van der Waals surface area contributed by atoms with Gasteiger partial charge in [-0.25, -0.2) is 0 Å². The average molecular weight is 286 g/mol. The van der Waals surface area contributed by atoms with Gasteiger partial charge in [0.15, 0.2) is 0 Å². The molecule has 1 heterocycles. The number of nitrogens with zero attached hydrogens (tertiary/aromatic N) is 1. The summed E-state index contributed by atoms with van der Waals surface area (Å²) in [6, 6.07) is 6.08. The van der Waals surface area contributed by atoms with E-state index in [-0.39, 0.29) is 5.91 Å². The van der Waals surface area contributed by atoms with Gasteiger partial charge in [-0.2, -0.15) is 0 Å². The van der Waals surface area contributed by atoms with Gasteiger partial charge in [0.1, 0.15) is 0 Å². The van der Waals surface area contributed by atoms with Crippen molar-refractivity contribution in [1.82, 2.24) is 0 Å². The van der Waals surface area contributed by atoms with E-state index in [2.05, 4.69) is 0 Å². The highest BCUT2D eigenvalue weighted by atomic mass is 35.5. The Balaban J connectivity index is 2.21. The molecule has 0 atom stereocenters. The number of ether oxygens (including phenoxy) is 1. The van der Waals surface area contributed by atoms with Crippen LogP contribution in [0.25, 0.3) is 0 Å². The summed E-state index contributed by atoms with van der Waals surface area (Å²) in [5.74, 6) is 1.15. The smallest absolute Gasteiger partial charge is 0.237 e. The van der Waals surface area contributed by atoms with Crippen molar-refractivity contribution in [2.75, 3.05) is 30.9 Å². The molecule has 0 saturated carbocycles. The zero-order chi connectivity index (χ0) is 13.0. The molecule has 2 rings (SSSR count). The predicted molar refractivity (Wildman–Crippen MR) is 75.6 cm³/mol. The van der Waals surface area contributed by atoms with E-state index in [0.29, 0.717) is 24.8 Å². The number of benzene rings is 1. The van der Waals surface area contributed by atoms with E-state index in [1.54, 1.807) is 18.9 Å². The third-order valence-corrected chi connectivity index (χ3v) is 4.21. The second-order valence-corrected chi connectivity index (χ2v) is 5.40. The summed E-state index contributed by atoms with van der Waals surface area (Å²) in [4.78, 5) is 15.0. The van der Waals surface area contributed by atoms with Crippen LogP contribution < -0.4 is 4.90 Å². The van der Waals surface area contributed by atoms with Gasteiger partial charge in [0.05, 0.1) is 11.4 Å².